The van der Waals surface area contributed by atoms with Gasteiger partial charge in [-0.15, -0.1) is 10.2 Å². The molecule has 0 fully saturated rings. The number of nitrogens with one attached hydrogen (secondary N) is 1. The summed E-state index contributed by atoms with van der Waals surface area (Å²) in [6, 6.07) is 13.4. The molecule has 1 heterocycles. The molecule has 1 amide bonds. The highest BCUT2D eigenvalue weighted by molar-refractivity contribution is 7.99. The van der Waals surface area contributed by atoms with Gasteiger partial charge in [0.05, 0.1) is 5.75 Å². The lowest BCUT2D eigenvalue weighted by molar-refractivity contribution is -0.113. The summed E-state index contributed by atoms with van der Waals surface area (Å²) >= 11 is 7.39. The van der Waals surface area contributed by atoms with E-state index in [0.717, 1.165) is 22.4 Å². The molecule has 26 heavy (non-hydrogen) atoms. The molecule has 0 atom stereocenters. The Morgan fingerprint density at radius 3 is 2.77 bits per heavy atom. The van der Waals surface area contributed by atoms with Gasteiger partial charge in [0.2, 0.25) is 5.91 Å². The van der Waals surface area contributed by atoms with E-state index in [1.54, 1.807) is 0 Å². The van der Waals surface area contributed by atoms with Crippen LogP contribution in [0.3, 0.4) is 0 Å². The van der Waals surface area contributed by atoms with Crippen LogP contribution in [-0.4, -0.2) is 26.4 Å². The molecule has 0 spiro atoms. The summed E-state index contributed by atoms with van der Waals surface area (Å²) in [5.41, 5.74) is 3.88. The third-order valence-corrected chi connectivity index (χ3v) is 5.17. The first-order valence-corrected chi connectivity index (χ1v) is 9.45. The smallest absolute Gasteiger partial charge is 0.234 e. The van der Waals surface area contributed by atoms with E-state index in [1.165, 1.54) is 11.8 Å². The summed E-state index contributed by atoms with van der Waals surface area (Å²) in [6.07, 6.45) is 0. The van der Waals surface area contributed by atoms with E-state index >= 15 is 0 Å². The fraction of sp³-hybridized carbons (Fsp3) is 0.211. The van der Waals surface area contributed by atoms with Crippen LogP contribution in [0.1, 0.15) is 11.1 Å². The minimum absolute atomic E-state index is 0.0731. The Morgan fingerprint density at radius 2 is 2.00 bits per heavy atom. The van der Waals surface area contributed by atoms with Crippen LogP contribution < -0.4 is 5.32 Å². The van der Waals surface area contributed by atoms with Crippen molar-refractivity contribution in [2.75, 3.05) is 11.1 Å². The minimum atomic E-state index is -0.0731. The number of rotatable bonds is 5. The standard InChI is InChI=1S/C19H19ClN4OS/c1-12-7-8-13(2)16(9-12)21-17(25)11-26-19-23-22-18(24(19)3)14-5-4-6-15(20)10-14/h4-10H,11H2,1-3H3,(H,21,25). The normalized spacial score (nSPS) is 10.8. The van der Waals surface area contributed by atoms with Gasteiger partial charge in [-0.1, -0.05) is 47.6 Å². The van der Waals surface area contributed by atoms with Gasteiger partial charge < -0.3 is 9.88 Å². The van der Waals surface area contributed by atoms with Crippen molar-refractivity contribution < 1.29 is 4.79 Å². The zero-order valence-electron chi connectivity index (χ0n) is 14.8. The summed E-state index contributed by atoms with van der Waals surface area (Å²) < 4.78 is 1.86. The Balaban J connectivity index is 1.67. The third kappa shape index (κ3) is 4.26. The molecule has 0 aliphatic rings. The van der Waals surface area contributed by atoms with Gasteiger partial charge in [-0.3, -0.25) is 4.79 Å². The zero-order valence-corrected chi connectivity index (χ0v) is 16.4. The lowest BCUT2D eigenvalue weighted by atomic mass is 10.1. The van der Waals surface area contributed by atoms with Crippen LogP contribution in [-0.2, 0) is 11.8 Å². The fourth-order valence-corrected chi connectivity index (χ4v) is 3.41. The van der Waals surface area contributed by atoms with E-state index in [1.807, 2.05) is 67.9 Å². The molecule has 0 saturated heterocycles. The van der Waals surface area contributed by atoms with Crippen LogP contribution in [0, 0.1) is 13.8 Å². The van der Waals surface area contributed by atoms with Crippen LogP contribution in [0.15, 0.2) is 47.6 Å². The number of hydrogen-bond donors (Lipinski definition) is 1. The van der Waals surface area contributed by atoms with Crippen molar-refractivity contribution in [3.63, 3.8) is 0 Å². The van der Waals surface area contributed by atoms with Gasteiger partial charge >= 0.3 is 0 Å². The molecule has 2 aromatic carbocycles. The topological polar surface area (TPSA) is 59.8 Å². The summed E-state index contributed by atoms with van der Waals surface area (Å²) in [7, 11) is 1.88. The Kier molecular flexibility index (Phi) is 5.64. The number of thioether (sulfide) groups is 1. The van der Waals surface area contributed by atoms with Crippen molar-refractivity contribution in [2.45, 2.75) is 19.0 Å². The van der Waals surface area contributed by atoms with Gasteiger partial charge in [-0.05, 0) is 43.2 Å². The molecule has 5 nitrogen and oxygen atoms in total. The maximum Gasteiger partial charge on any atom is 0.234 e. The first kappa shape index (κ1) is 18.5. The van der Waals surface area contributed by atoms with Crippen molar-refractivity contribution in [3.8, 4) is 11.4 Å². The lowest BCUT2D eigenvalue weighted by Gasteiger charge is -2.09. The molecule has 0 aliphatic heterocycles. The second-order valence-corrected chi connectivity index (χ2v) is 7.41. The number of amides is 1. The Morgan fingerprint density at radius 1 is 1.19 bits per heavy atom. The number of hydrogen-bond acceptors (Lipinski definition) is 4. The zero-order chi connectivity index (χ0) is 18.7. The van der Waals surface area contributed by atoms with E-state index in [9.17, 15) is 4.79 Å². The van der Waals surface area contributed by atoms with Gasteiger partial charge in [-0.25, -0.2) is 0 Å². The molecule has 7 heteroatoms. The maximum absolute atomic E-state index is 12.3. The van der Waals surface area contributed by atoms with Crippen LogP contribution in [0.4, 0.5) is 5.69 Å². The van der Waals surface area contributed by atoms with Crippen molar-refractivity contribution in [1.29, 1.82) is 0 Å². The van der Waals surface area contributed by atoms with E-state index in [4.69, 9.17) is 11.6 Å². The minimum Gasteiger partial charge on any atom is -0.325 e. The van der Waals surface area contributed by atoms with E-state index in [-0.39, 0.29) is 11.7 Å². The quantitative estimate of drug-likeness (QED) is 0.656. The number of carbonyl (C=O) groups excluding carboxylic acids is 1. The largest absolute Gasteiger partial charge is 0.325 e. The molecule has 0 saturated carbocycles. The van der Waals surface area contributed by atoms with Gasteiger partial charge in [0.25, 0.3) is 0 Å². The predicted octanol–water partition coefficient (Wildman–Crippen LogP) is 4.48. The number of aromatic nitrogens is 3. The molecule has 3 rings (SSSR count). The van der Waals surface area contributed by atoms with Crippen molar-refractivity contribution in [2.24, 2.45) is 7.05 Å². The van der Waals surface area contributed by atoms with Crippen molar-refractivity contribution in [3.05, 3.63) is 58.6 Å². The average Bonchev–Trinajstić information content (AvgIpc) is 2.97. The first-order chi connectivity index (χ1) is 12.4. The molecule has 1 aromatic heterocycles. The average molecular weight is 387 g/mol. The first-order valence-electron chi connectivity index (χ1n) is 8.09. The van der Waals surface area contributed by atoms with E-state index < -0.39 is 0 Å². The number of benzene rings is 2. The second kappa shape index (κ2) is 7.93. The van der Waals surface area contributed by atoms with E-state index in [0.29, 0.717) is 16.0 Å². The molecule has 1 N–H and O–H groups in total. The number of aryl methyl sites for hydroxylation is 2. The number of anilines is 1. The molecular weight excluding hydrogens is 368 g/mol. The molecule has 3 aromatic rings. The van der Waals surface area contributed by atoms with Crippen LogP contribution in [0.5, 0.6) is 0 Å². The van der Waals surface area contributed by atoms with Crippen molar-refractivity contribution >= 4 is 35.0 Å². The second-order valence-electron chi connectivity index (χ2n) is 6.03. The maximum atomic E-state index is 12.3. The molecular formula is C19H19ClN4OS. The van der Waals surface area contributed by atoms with Gasteiger partial charge in [0.15, 0.2) is 11.0 Å². The number of nitrogens with zero attached hydrogens (tertiary/aromatic N) is 3. The summed E-state index contributed by atoms with van der Waals surface area (Å²) in [5.74, 6) is 0.899. The fourth-order valence-electron chi connectivity index (χ4n) is 2.51. The Bertz CT molecular complexity index is 954. The van der Waals surface area contributed by atoms with Crippen LogP contribution in [0.25, 0.3) is 11.4 Å². The van der Waals surface area contributed by atoms with Crippen molar-refractivity contribution in [1.82, 2.24) is 14.8 Å². The molecule has 0 aliphatic carbocycles. The van der Waals surface area contributed by atoms with Crippen LogP contribution >= 0.6 is 23.4 Å². The number of halogens is 1. The van der Waals surface area contributed by atoms with Gasteiger partial charge in [0, 0.05) is 23.3 Å². The molecule has 0 radical (unpaired) electrons. The third-order valence-electron chi connectivity index (χ3n) is 3.92. The van der Waals surface area contributed by atoms with Crippen LogP contribution in [0.2, 0.25) is 5.02 Å². The highest BCUT2D eigenvalue weighted by atomic mass is 35.5. The van der Waals surface area contributed by atoms with Gasteiger partial charge in [-0.2, -0.15) is 0 Å². The molecule has 0 bridgehead atoms. The predicted molar refractivity (Wildman–Crippen MR) is 107 cm³/mol. The summed E-state index contributed by atoms with van der Waals surface area (Å²) in [4.78, 5) is 12.3. The highest BCUT2D eigenvalue weighted by Gasteiger charge is 2.13. The SMILES string of the molecule is Cc1ccc(C)c(NC(=O)CSc2nnc(-c3cccc(Cl)c3)n2C)c1. The summed E-state index contributed by atoms with van der Waals surface area (Å²) in [5, 5.41) is 12.7. The highest BCUT2D eigenvalue weighted by Crippen LogP contribution is 2.25. The van der Waals surface area contributed by atoms with E-state index in [2.05, 4.69) is 15.5 Å². The molecule has 134 valence electrons. The van der Waals surface area contributed by atoms with Gasteiger partial charge in [0.1, 0.15) is 0 Å². The Hall–Kier alpha value is -2.31. The Labute approximate surface area is 161 Å². The monoisotopic (exact) mass is 386 g/mol. The molecule has 0 unspecified atom stereocenters. The number of carbonyl (C=O) groups is 1. The lowest BCUT2D eigenvalue weighted by Crippen LogP contribution is -2.15. The summed E-state index contributed by atoms with van der Waals surface area (Å²) in [6.45, 7) is 3.98.